The van der Waals surface area contributed by atoms with Crippen LogP contribution in [0.15, 0.2) is 18.2 Å². The zero-order chi connectivity index (χ0) is 15.5. The monoisotopic (exact) mass is 283 g/mol. The molecule has 110 valence electrons. The highest BCUT2D eigenvalue weighted by molar-refractivity contribution is 5.95. The van der Waals surface area contributed by atoms with Gasteiger partial charge in [0.2, 0.25) is 0 Å². The fourth-order valence-electron chi connectivity index (χ4n) is 1.56. The number of nitrogens with zero attached hydrogens (tertiary/aromatic N) is 1. The largest absolute Gasteiger partial charge is 0.345 e. The molecule has 20 heavy (non-hydrogen) atoms. The summed E-state index contributed by atoms with van der Waals surface area (Å²) in [6.45, 7) is 5.66. The Bertz CT molecular complexity index is 534. The molecule has 0 saturated carbocycles. The van der Waals surface area contributed by atoms with E-state index in [9.17, 15) is 19.3 Å². The van der Waals surface area contributed by atoms with Gasteiger partial charge in [0.05, 0.1) is 16.0 Å². The van der Waals surface area contributed by atoms with E-state index in [0.29, 0.717) is 0 Å². The van der Waals surface area contributed by atoms with Gasteiger partial charge in [0.25, 0.3) is 11.6 Å². The van der Waals surface area contributed by atoms with Crippen molar-refractivity contribution in [2.24, 2.45) is 11.7 Å². The van der Waals surface area contributed by atoms with Gasteiger partial charge in [-0.3, -0.25) is 14.9 Å². The van der Waals surface area contributed by atoms with E-state index in [-0.39, 0.29) is 23.7 Å². The number of benzene rings is 1. The molecule has 7 heteroatoms. The molecule has 1 atom stereocenters. The van der Waals surface area contributed by atoms with Gasteiger partial charge in [-0.25, -0.2) is 4.39 Å². The number of carbonyl (C=O) groups excluding carboxylic acids is 1. The molecule has 0 aliphatic carbocycles. The third-order valence-corrected chi connectivity index (χ3v) is 3.50. The molecule has 6 nitrogen and oxygen atoms in total. The van der Waals surface area contributed by atoms with Crippen LogP contribution in [0.25, 0.3) is 0 Å². The average Bonchev–Trinajstić information content (AvgIpc) is 2.38. The third-order valence-electron chi connectivity index (χ3n) is 3.50. The lowest BCUT2D eigenvalue weighted by atomic mass is 9.88. The summed E-state index contributed by atoms with van der Waals surface area (Å²) >= 11 is 0. The maximum Gasteiger partial charge on any atom is 0.270 e. The number of non-ortho nitro benzene ring substituents is 1. The zero-order valence-electron chi connectivity index (χ0n) is 11.6. The average molecular weight is 283 g/mol. The number of nitro groups is 1. The molecule has 1 aromatic carbocycles. The summed E-state index contributed by atoms with van der Waals surface area (Å²) in [6, 6.07) is 2.83. The molecular formula is C13H18FN3O3. The van der Waals surface area contributed by atoms with Crippen LogP contribution in [0, 0.1) is 21.8 Å². The topological polar surface area (TPSA) is 98.3 Å². The van der Waals surface area contributed by atoms with Gasteiger partial charge < -0.3 is 11.1 Å². The molecule has 0 radical (unpaired) electrons. The Kier molecular flexibility index (Phi) is 4.78. The molecule has 0 aliphatic heterocycles. The van der Waals surface area contributed by atoms with Crippen LogP contribution < -0.4 is 11.1 Å². The Morgan fingerprint density at radius 3 is 2.60 bits per heavy atom. The van der Waals surface area contributed by atoms with Crippen LogP contribution in [-0.4, -0.2) is 22.9 Å². The zero-order valence-corrected chi connectivity index (χ0v) is 11.6. The van der Waals surface area contributed by atoms with Crippen molar-refractivity contribution < 1.29 is 14.1 Å². The van der Waals surface area contributed by atoms with Crippen molar-refractivity contribution in [2.45, 2.75) is 26.3 Å². The van der Waals surface area contributed by atoms with E-state index in [1.807, 2.05) is 13.8 Å². The Morgan fingerprint density at radius 1 is 1.55 bits per heavy atom. The van der Waals surface area contributed by atoms with Crippen molar-refractivity contribution in [2.75, 3.05) is 6.54 Å². The van der Waals surface area contributed by atoms with Crippen LogP contribution >= 0.6 is 0 Å². The van der Waals surface area contributed by atoms with Gasteiger partial charge >= 0.3 is 0 Å². The van der Waals surface area contributed by atoms with Gasteiger partial charge in [-0.1, -0.05) is 13.8 Å². The molecule has 1 aromatic rings. The molecule has 0 aromatic heterocycles. The summed E-state index contributed by atoms with van der Waals surface area (Å²) in [4.78, 5) is 22.1. The molecule has 1 amide bonds. The number of nitro benzene ring substituents is 1. The second kappa shape index (κ2) is 5.96. The minimum absolute atomic E-state index is 0.0261. The number of nitrogens with one attached hydrogen (secondary N) is 1. The summed E-state index contributed by atoms with van der Waals surface area (Å²) in [5.41, 5.74) is 4.22. The summed E-state index contributed by atoms with van der Waals surface area (Å²) in [6.07, 6.45) is 0. The van der Waals surface area contributed by atoms with E-state index in [2.05, 4.69) is 5.32 Å². The Hall–Kier alpha value is -2.02. The van der Waals surface area contributed by atoms with Gasteiger partial charge in [0.15, 0.2) is 0 Å². The number of amides is 1. The van der Waals surface area contributed by atoms with Crippen molar-refractivity contribution in [1.82, 2.24) is 5.32 Å². The first-order valence-corrected chi connectivity index (χ1v) is 6.18. The van der Waals surface area contributed by atoms with Crippen LogP contribution in [0.5, 0.6) is 0 Å². The maximum absolute atomic E-state index is 13.6. The lowest BCUT2D eigenvalue weighted by molar-refractivity contribution is -0.384. The van der Waals surface area contributed by atoms with Crippen LogP contribution in [0.1, 0.15) is 31.1 Å². The van der Waals surface area contributed by atoms with E-state index >= 15 is 0 Å². The van der Waals surface area contributed by atoms with E-state index in [4.69, 9.17) is 5.73 Å². The van der Waals surface area contributed by atoms with Crippen LogP contribution in [0.4, 0.5) is 10.1 Å². The van der Waals surface area contributed by atoms with Crippen LogP contribution in [0.3, 0.4) is 0 Å². The van der Waals surface area contributed by atoms with E-state index in [1.54, 1.807) is 6.92 Å². The number of hydrogen-bond acceptors (Lipinski definition) is 4. The van der Waals surface area contributed by atoms with E-state index < -0.39 is 22.2 Å². The molecule has 0 spiro atoms. The highest BCUT2D eigenvalue weighted by atomic mass is 19.1. The number of rotatable bonds is 5. The Balaban J connectivity index is 3.09. The predicted molar refractivity (Wildman–Crippen MR) is 72.8 cm³/mol. The van der Waals surface area contributed by atoms with Crippen molar-refractivity contribution in [3.8, 4) is 0 Å². The summed E-state index contributed by atoms with van der Waals surface area (Å²) in [5.74, 6) is -1.50. The molecule has 1 unspecified atom stereocenters. The second-order valence-electron chi connectivity index (χ2n) is 5.15. The fraction of sp³-hybridized carbons (Fsp3) is 0.462. The highest BCUT2D eigenvalue weighted by Crippen LogP contribution is 2.20. The number of carbonyl (C=O) groups is 1. The van der Waals surface area contributed by atoms with Gasteiger partial charge in [-0.05, 0) is 18.9 Å². The first-order chi connectivity index (χ1) is 9.21. The van der Waals surface area contributed by atoms with Crippen molar-refractivity contribution in [1.29, 1.82) is 0 Å². The normalized spacial score (nSPS) is 13.9. The summed E-state index contributed by atoms with van der Waals surface area (Å²) < 4.78 is 13.6. The standard InChI is InChI=1S/C13H18FN3O3/c1-8(2)13(3,7-15)16-12(18)10-6-9(17(19)20)4-5-11(10)14/h4-6,8H,7,15H2,1-3H3,(H,16,18). The Morgan fingerprint density at radius 2 is 2.15 bits per heavy atom. The smallest absolute Gasteiger partial charge is 0.270 e. The van der Waals surface area contributed by atoms with Crippen LogP contribution in [-0.2, 0) is 0 Å². The molecular weight excluding hydrogens is 265 g/mol. The Labute approximate surface area is 116 Å². The van der Waals surface area contributed by atoms with E-state index in [1.165, 1.54) is 0 Å². The molecule has 0 bridgehead atoms. The lowest BCUT2D eigenvalue weighted by Gasteiger charge is -2.33. The van der Waals surface area contributed by atoms with Gasteiger partial charge in [0.1, 0.15) is 5.82 Å². The van der Waals surface area contributed by atoms with Gasteiger partial charge in [0, 0.05) is 18.7 Å². The second-order valence-corrected chi connectivity index (χ2v) is 5.15. The minimum atomic E-state index is -0.809. The molecule has 3 N–H and O–H groups in total. The fourth-order valence-corrected chi connectivity index (χ4v) is 1.56. The van der Waals surface area contributed by atoms with Crippen molar-refractivity contribution in [3.63, 3.8) is 0 Å². The molecule has 0 fully saturated rings. The minimum Gasteiger partial charge on any atom is -0.345 e. The van der Waals surface area contributed by atoms with Crippen molar-refractivity contribution >= 4 is 11.6 Å². The van der Waals surface area contributed by atoms with Crippen LogP contribution in [0.2, 0.25) is 0 Å². The van der Waals surface area contributed by atoms with E-state index in [0.717, 1.165) is 18.2 Å². The first-order valence-electron chi connectivity index (χ1n) is 6.18. The SMILES string of the molecule is CC(C)C(C)(CN)NC(=O)c1cc([N+](=O)[O-])ccc1F. The van der Waals surface area contributed by atoms with Gasteiger partial charge in [-0.2, -0.15) is 0 Å². The molecule has 1 rings (SSSR count). The summed E-state index contributed by atoms with van der Waals surface area (Å²) in [7, 11) is 0. The number of nitrogens with two attached hydrogens (primary N) is 1. The number of hydrogen-bond donors (Lipinski definition) is 2. The molecule has 0 aliphatic rings. The lowest BCUT2D eigenvalue weighted by Crippen LogP contribution is -2.55. The molecule has 0 heterocycles. The molecule has 0 saturated heterocycles. The maximum atomic E-state index is 13.6. The number of halogens is 1. The summed E-state index contributed by atoms with van der Waals surface area (Å²) in [5, 5.41) is 13.3. The van der Waals surface area contributed by atoms with Crippen molar-refractivity contribution in [3.05, 3.63) is 39.7 Å². The van der Waals surface area contributed by atoms with Gasteiger partial charge in [-0.15, -0.1) is 0 Å². The predicted octanol–water partition coefficient (Wildman–Crippen LogP) is 1.84. The quantitative estimate of drug-likeness (QED) is 0.636. The highest BCUT2D eigenvalue weighted by Gasteiger charge is 2.30. The third kappa shape index (κ3) is 3.30. The first kappa shape index (κ1) is 16.0.